The van der Waals surface area contributed by atoms with Crippen LogP contribution in [0, 0.1) is 0 Å². The summed E-state index contributed by atoms with van der Waals surface area (Å²) < 4.78 is 6.97. The monoisotopic (exact) mass is 347 g/mol. The molecular weight excluding hydrogens is 330 g/mol. The van der Waals surface area contributed by atoms with Gasteiger partial charge in [-0.1, -0.05) is 17.8 Å². The number of benzene rings is 1. The molecule has 0 saturated carbocycles. The molecule has 0 aliphatic heterocycles. The molecule has 0 saturated heterocycles. The summed E-state index contributed by atoms with van der Waals surface area (Å²) in [6.07, 6.45) is 1.71. The van der Waals surface area contributed by atoms with Crippen LogP contribution in [0.25, 0.3) is 11.4 Å². The Hall–Kier alpha value is -2.81. The Bertz CT molecular complexity index is 742. The maximum Gasteiger partial charge on any atom is 0.318 e. The number of allylic oxidation sites excluding steroid dienone is 1. The van der Waals surface area contributed by atoms with E-state index in [0.29, 0.717) is 17.5 Å². The molecule has 1 heterocycles. The van der Waals surface area contributed by atoms with Crippen molar-refractivity contribution in [1.29, 1.82) is 0 Å². The first-order valence-corrected chi connectivity index (χ1v) is 7.94. The van der Waals surface area contributed by atoms with Gasteiger partial charge in [0.15, 0.2) is 11.0 Å². The normalized spacial score (nSPS) is 10.2. The Morgan fingerprint density at radius 3 is 2.67 bits per heavy atom. The van der Waals surface area contributed by atoms with Crippen LogP contribution in [0.2, 0.25) is 0 Å². The molecular formula is C15H17N5O3S. The van der Waals surface area contributed by atoms with Crippen LogP contribution in [-0.2, 0) is 11.3 Å². The molecule has 3 N–H and O–H groups in total. The van der Waals surface area contributed by atoms with E-state index in [4.69, 9.17) is 10.5 Å². The van der Waals surface area contributed by atoms with Gasteiger partial charge in [-0.2, -0.15) is 0 Å². The van der Waals surface area contributed by atoms with Gasteiger partial charge in [0.25, 0.3) is 0 Å². The molecule has 0 spiro atoms. The Labute approximate surface area is 143 Å². The van der Waals surface area contributed by atoms with Crippen LogP contribution < -0.4 is 15.8 Å². The number of hydrogen-bond acceptors (Lipinski definition) is 6. The minimum absolute atomic E-state index is 0.000822. The third-order valence-corrected chi connectivity index (χ3v) is 3.94. The van der Waals surface area contributed by atoms with Crippen LogP contribution in [0.15, 0.2) is 42.1 Å². The van der Waals surface area contributed by atoms with Crippen molar-refractivity contribution in [2.75, 3.05) is 12.9 Å². The number of methoxy groups -OCH3 is 1. The Morgan fingerprint density at radius 2 is 2.08 bits per heavy atom. The quantitative estimate of drug-likeness (QED) is 0.579. The molecule has 0 unspecified atom stereocenters. The van der Waals surface area contributed by atoms with Gasteiger partial charge in [-0.25, -0.2) is 4.79 Å². The lowest BCUT2D eigenvalue weighted by Gasteiger charge is -2.08. The van der Waals surface area contributed by atoms with Crippen molar-refractivity contribution < 1.29 is 14.3 Å². The van der Waals surface area contributed by atoms with E-state index < -0.39 is 11.9 Å². The Balaban J connectivity index is 2.20. The second kappa shape index (κ2) is 8.16. The van der Waals surface area contributed by atoms with Crippen LogP contribution >= 0.6 is 11.8 Å². The number of ether oxygens (including phenoxy) is 1. The van der Waals surface area contributed by atoms with E-state index in [2.05, 4.69) is 16.8 Å². The maximum atomic E-state index is 11.5. The number of urea groups is 1. The molecule has 24 heavy (non-hydrogen) atoms. The summed E-state index contributed by atoms with van der Waals surface area (Å²) in [6.45, 7) is 4.21. The molecule has 2 rings (SSSR count). The van der Waals surface area contributed by atoms with Crippen molar-refractivity contribution in [3.05, 3.63) is 36.9 Å². The van der Waals surface area contributed by atoms with Gasteiger partial charge in [0.05, 0.1) is 12.9 Å². The van der Waals surface area contributed by atoms with Crippen LogP contribution in [-0.4, -0.2) is 39.6 Å². The van der Waals surface area contributed by atoms with Crippen LogP contribution in [0.4, 0.5) is 4.79 Å². The van der Waals surface area contributed by atoms with Gasteiger partial charge in [-0.3, -0.25) is 14.7 Å². The minimum Gasteiger partial charge on any atom is -0.497 e. The predicted molar refractivity (Wildman–Crippen MR) is 90.7 cm³/mol. The van der Waals surface area contributed by atoms with Gasteiger partial charge >= 0.3 is 6.03 Å². The average molecular weight is 347 g/mol. The van der Waals surface area contributed by atoms with Crippen molar-refractivity contribution in [3.8, 4) is 17.1 Å². The zero-order valence-electron chi connectivity index (χ0n) is 13.1. The molecule has 0 bridgehead atoms. The molecule has 8 nitrogen and oxygen atoms in total. The molecule has 126 valence electrons. The van der Waals surface area contributed by atoms with E-state index in [-0.39, 0.29) is 5.75 Å². The fourth-order valence-electron chi connectivity index (χ4n) is 1.95. The molecule has 1 aromatic carbocycles. The number of nitrogens with two attached hydrogens (primary N) is 1. The lowest BCUT2D eigenvalue weighted by atomic mass is 10.2. The summed E-state index contributed by atoms with van der Waals surface area (Å²) in [5.41, 5.74) is 5.77. The zero-order chi connectivity index (χ0) is 17.5. The molecule has 2 aromatic rings. The summed E-state index contributed by atoms with van der Waals surface area (Å²) in [7, 11) is 1.60. The number of rotatable bonds is 7. The number of amides is 3. The van der Waals surface area contributed by atoms with Crippen molar-refractivity contribution in [2.24, 2.45) is 5.73 Å². The second-order valence-corrected chi connectivity index (χ2v) is 5.58. The molecule has 0 aliphatic carbocycles. The number of carbonyl (C=O) groups excluding carboxylic acids is 2. The first-order chi connectivity index (χ1) is 11.5. The van der Waals surface area contributed by atoms with E-state index in [1.54, 1.807) is 13.2 Å². The van der Waals surface area contributed by atoms with E-state index in [1.807, 2.05) is 34.1 Å². The Kier molecular flexibility index (Phi) is 5.96. The number of thioether (sulfide) groups is 1. The molecule has 0 fully saturated rings. The van der Waals surface area contributed by atoms with Crippen LogP contribution in [0.3, 0.4) is 0 Å². The fraction of sp³-hybridized carbons (Fsp3) is 0.200. The van der Waals surface area contributed by atoms with Gasteiger partial charge in [0.2, 0.25) is 5.91 Å². The number of imide groups is 1. The van der Waals surface area contributed by atoms with Crippen LogP contribution in [0.5, 0.6) is 5.75 Å². The first-order valence-electron chi connectivity index (χ1n) is 6.95. The van der Waals surface area contributed by atoms with Gasteiger partial charge in [0.1, 0.15) is 5.75 Å². The van der Waals surface area contributed by atoms with E-state index >= 15 is 0 Å². The Morgan fingerprint density at radius 1 is 1.38 bits per heavy atom. The SMILES string of the molecule is C=CCn1c(SCC(=O)NC(N)=O)nnc1-c1ccc(OC)cc1. The number of carbonyl (C=O) groups is 2. The smallest absolute Gasteiger partial charge is 0.318 e. The van der Waals surface area contributed by atoms with Gasteiger partial charge in [-0.15, -0.1) is 16.8 Å². The summed E-state index contributed by atoms with van der Waals surface area (Å²) in [5, 5.41) is 10.8. The topological polar surface area (TPSA) is 112 Å². The van der Waals surface area contributed by atoms with Gasteiger partial charge < -0.3 is 10.5 Å². The fourth-order valence-corrected chi connectivity index (χ4v) is 2.69. The van der Waals surface area contributed by atoms with Crippen molar-refractivity contribution in [2.45, 2.75) is 11.7 Å². The van der Waals surface area contributed by atoms with E-state index in [9.17, 15) is 9.59 Å². The molecule has 0 radical (unpaired) electrons. The predicted octanol–water partition coefficient (Wildman–Crippen LogP) is 1.43. The summed E-state index contributed by atoms with van der Waals surface area (Å²) in [5.74, 6) is 0.897. The molecule has 0 aliphatic rings. The van der Waals surface area contributed by atoms with E-state index in [1.165, 1.54) is 0 Å². The van der Waals surface area contributed by atoms with Gasteiger partial charge in [-0.05, 0) is 24.3 Å². The lowest BCUT2D eigenvalue weighted by Crippen LogP contribution is -2.36. The zero-order valence-corrected chi connectivity index (χ0v) is 13.9. The first kappa shape index (κ1) is 17.5. The number of hydrogen-bond donors (Lipinski definition) is 2. The third kappa shape index (κ3) is 4.35. The molecule has 1 aromatic heterocycles. The minimum atomic E-state index is -0.882. The summed E-state index contributed by atoms with van der Waals surface area (Å²) >= 11 is 1.16. The highest BCUT2D eigenvalue weighted by Crippen LogP contribution is 2.25. The summed E-state index contributed by atoms with van der Waals surface area (Å²) in [4.78, 5) is 22.2. The maximum absolute atomic E-state index is 11.5. The van der Waals surface area contributed by atoms with Gasteiger partial charge in [0, 0.05) is 12.1 Å². The van der Waals surface area contributed by atoms with Crippen molar-refractivity contribution in [1.82, 2.24) is 20.1 Å². The molecule has 0 atom stereocenters. The highest BCUT2D eigenvalue weighted by molar-refractivity contribution is 7.99. The number of nitrogens with zero attached hydrogens (tertiary/aromatic N) is 3. The third-order valence-electron chi connectivity index (χ3n) is 2.97. The highest BCUT2D eigenvalue weighted by Gasteiger charge is 2.15. The average Bonchev–Trinajstić information content (AvgIpc) is 2.95. The number of nitrogens with one attached hydrogen (secondary N) is 1. The molecule has 3 amide bonds. The van der Waals surface area contributed by atoms with Crippen LogP contribution in [0.1, 0.15) is 0 Å². The number of aromatic nitrogens is 3. The van der Waals surface area contributed by atoms with Crippen molar-refractivity contribution >= 4 is 23.7 Å². The highest BCUT2D eigenvalue weighted by atomic mass is 32.2. The lowest BCUT2D eigenvalue weighted by molar-refractivity contribution is -0.117. The summed E-state index contributed by atoms with van der Waals surface area (Å²) in [6, 6.07) is 6.52. The largest absolute Gasteiger partial charge is 0.497 e. The van der Waals surface area contributed by atoms with Crippen molar-refractivity contribution in [3.63, 3.8) is 0 Å². The van der Waals surface area contributed by atoms with E-state index in [0.717, 1.165) is 23.1 Å². The molecule has 9 heteroatoms. The second-order valence-electron chi connectivity index (χ2n) is 4.64. The standard InChI is InChI=1S/C15H17N5O3S/c1-3-8-20-13(10-4-6-11(23-2)7-5-10)18-19-15(20)24-9-12(21)17-14(16)22/h3-7H,1,8-9H2,2H3,(H3,16,17,21,22). The number of primary amides is 1.